The van der Waals surface area contributed by atoms with Gasteiger partial charge >= 0.3 is 0 Å². The molecule has 0 aromatic heterocycles. The van der Waals surface area contributed by atoms with Crippen molar-refractivity contribution in [3.8, 4) is 5.75 Å². The number of nitrogens with one attached hydrogen (secondary N) is 1. The molecule has 4 nitrogen and oxygen atoms in total. The quantitative estimate of drug-likeness (QED) is 0.788. The Balaban J connectivity index is 2.19. The first-order valence-corrected chi connectivity index (χ1v) is 7.47. The van der Waals surface area contributed by atoms with Crippen LogP contribution in [0.2, 0.25) is 5.02 Å². The lowest BCUT2D eigenvalue weighted by Crippen LogP contribution is -2.14. The van der Waals surface area contributed by atoms with Crippen LogP contribution in [-0.2, 0) is 0 Å². The maximum atomic E-state index is 12.2. The number of carbonyl (C=O) groups excluding carboxylic acids is 1. The zero-order valence-corrected chi connectivity index (χ0v) is 13.7. The van der Waals surface area contributed by atoms with Gasteiger partial charge in [-0.3, -0.25) is 4.79 Å². The molecule has 0 atom stereocenters. The van der Waals surface area contributed by atoms with Gasteiger partial charge in [0, 0.05) is 15.8 Å². The molecular weight excluding hydrogens is 356 g/mol. The molecule has 1 amide bonds. The highest BCUT2D eigenvalue weighted by Gasteiger charge is 2.11. The highest BCUT2D eigenvalue weighted by Crippen LogP contribution is 2.28. The Labute approximate surface area is 136 Å². The van der Waals surface area contributed by atoms with Crippen LogP contribution in [0.4, 0.5) is 11.4 Å². The zero-order valence-electron chi connectivity index (χ0n) is 11.3. The van der Waals surface area contributed by atoms with Crippen molar-refractivity contribution in [3.63, 3.8) is 0 Å². The van der Waals surface area contributed by atoms with Gasteiger partial charge in [0.2, 0.25) is 0 Å². The third-order valence-electron chi connectivity index (χ3n) is 2.75. The summed E-state index contributed by atoms with van der Waals surface area (Å²) in [6.07, 6.45) is 0. The Morgan fingerprint density at radius 3 is 2.76 bits per heavy atom. The molecule has 6 heteroatoms. The standard InChI is InChI=1S/C15H14BrClN2O2/c1-2-21-14-6-4-10(8-12(14)17)19-15(20)11-7-9(16)3-5-13(11)18/h3-8H,2,18H2,1H3,(H,19,20). The molecule has 2 rings (SSSR count). The van der Waals surface area contributed by atoms with Gasteiger partial charge in [-0.05, 0) is 43.3 Å². The largest absolute Gasteiger partial charge is 0.492 e. The summed E-state index contributed by atoms with van der Waals surface area (Å²) in [7, 11) is 0. The summed E-state index contributed by atoms with van der Waals surface area (Å²) in [6.45, 7) is 2.40. The van der Waals surface area contributed by atoms with Gasteiger partial charge in [-0.25, -0.2) is 0 Å². The summed E-state index contributed by atoms with van der Waals surface area (Å²) < 4.78 is 6.13. The van der Waals surface area contributed by atoms with E-state index in [1.54, 1.807) is 36.4 Å². The Hall–Kier alpha value is -1.72. The lowest BCUT2D eigenvalue weighted by molar-refractivity contribution is 0.102. The number of carbonyl (C=O) groups is 1. The first kappa shape index (κ1) is 15.7. The predicted octanol–water partition coefficient (Wildman–Crippen LogP) is 4.34. The molecule has 0 heterocycles. The van der Waals surface area contributed by atoms with Crippen molar-refractivity contribution >= 4 is 44.8 Å². The second-order valence-electron chi connectivity index (χ2n) is 4.26. The van der Waals surface area contributed by atoms with Crippen LogP contribution in [0.5, 0.6) is 5.75 Å². The topological polar surface area (TPSA) is 64.3 Å². The summed E-state index contributed by atoms with van der Waals surface area (Å²) in [5.74, 6) is 0.285. The molecule has 3 N–H and O–H groups in total. The molecule has 0 saturated heterocycles. The van der Waals surface area contributed by atoms with Gasteiger partial charge in [-0.2, -0.15) is 0 Å². The third kappa shape index (κ3) is 3.89. The molecule has 0 aliphatic rings. The molecule has 0 saturated carbocycles. The molecule has 0 fully saturated rings. The minimum atomic E-state index is -0.297. The number of hydrogen-bond acceptors (Lipinski definition) is 3. The van der Waals surface area contributed by atoms with E-state index in [2.05, 4.69) is 21.2 Å². The normalized spacial score (nSPS) is 10.2. The van der Waals surface area contributed by atoms with E-state index in [1.807, 2.05) is 6.92 Å². The Kier molecular flexibility index (Phi) is 5.09. The minimum Gasteiger partial charge on any atom is -0.492 e. The zero-order chi connectivity index (χ0) is 15.4. The van der Waals surface area contributed by atoms with Crippen molar-refractivity contribution in [2.45, 2.75) is 6.92 Å². The lowest BCUT2D eigenvalue weighted by atomic mass is 10.1. The number of benzene rings is 2. The van der Waals surface area contributed by atoms with Crippen LogP contribution < -0.4 is 15.8 Å². The molecule has 0 unspecified atom stereocenters. The fourth-order valence-electron chi connectivity index (χ4n) is 1.77. The van der Waals surface area contributed by atoms with Crippen LogP contribution in [0.1, 0.15) is 17.3 Å². The second-order valence-corrected chi connectivity index (χ2v) is 5.59. The highest BCUT2D eigenvalue weighted by atomic mass is 79.9. The number of anilines is 2. The van der Waals surface area contributed by atoms with Crippen molar-refractivity contribution in [3.05, 3.63) is 51.5 Å². The molecule has 0 aliphatic carbocycles. The number of nitrogens with two attached hydrogens (primary N) is 1. The Morgan fingerprint density at radius 1 is 1.33 bits per heavy atom. The van der Waals surface area contributed by atoms with E-state index in [4.69, 9.17) is 22.1 Å². The van der Waals surface area contributed by atoms with Gasteiger partial charge in [0.15, 0.2) is 0 Å². The Morgan fingerprint density at radius 2 is 2.10 bits per heavy atom. The highest BCUT2D eigenvalue weighted by molar-refractivity contribution is 9.10. The number of halogens is 2. The van der Waals surface area contributed by atoms with Crippen molar-refractivity contribution in [2.75, 3.05) is 17.7 Å². The minimum absolute atomic E-state index is 0.297. The van der Waals surface area contributed by atoms with Gasteiger partial charge in [-0.15, -0.1) is 0 Å². The van der Waals surface area contributed by atoms with E-state index in [1.165, 1.54) is 0 Å². The molecular formula is C15H14BrClN2O2. The monoisotopic (exact) mass is 368 g/mol. The van der Waals surface area contributed by atoms with Crippen LogP contribution in [-0.4, -0.2) is 12.5 Å². The van der Waals surface area contributed by atoms with Gasteiger partial charge < -0.3 is 15.8 Å². The molecule has 0 radical (unpaired) electrons. The molecule has 2 aromatic carbocycles. The van der Waals surface area contributed by atoms with Crippen molar-refractivity contribution in [1.82, 2.24) is 0 Å². The van der Waals surface area contributed by atoms with E-state index in [0.717, 1.165) is 4.47 Å². The molecule has 2 aromatic rings. The summed E-state index contributed by atoms with van der Waals surface area (Å²) in [4.78, 5) is 12.2. The summed E-state index contributed by atoms with van der Waals surface area (Å²) in [5.41, 5.74) is 7.19. The summed E-state index contributed by atoms with van der Waals surface area (Å²) >= 11 is 9.40. The molecule has 110 valence electrons. The van der Waals surface area contributed by atoms with Gasteiger partial charge in [0.1, 0.15) is 5.75 Å². The maximum absolute atomic E-state index is 12.2. The summed E-state index contributed by atoms with van der Waals surface area (Å²) in [6, 6.07) is 10.2. The number of hydrogen-bond donors (Lipinski definition) is 2. The number of amides is 1. The molecule has 0 aliphatic heterocycles. The number of nitrogen functional groups attached to an aromatic ring is 1. The number of rotatable bonds is 4. The van der Waals surface area contributed by atoms with E-state index in [-0.39, 0.29) is 5.91 Å². The number of ether oxygens (including phenoxy) is 1. The SMILES string of the molecule is CCOc1ccc(NC(=O)c2cc(Br)ccc2N)cc1Cl. The lowest BCUT2D eigenvalue weighted by Gasteiger charge is -2.10. The van der Waals surface area contributed by atoms with Gasteiger partial charge in [0.05, 0.1) is 17.2 Å². The smallest absolute Gasteiger partial charge is 0.257 e. The van der Waals surface area contributed by atoms with Crippen LogP contribution in [0.15, 0.2) is 40.9 Å². The van der Waals surface area contributed by atoms with Crippen LogP contribution >= 0.6 is 27.5 Å². The van der Waals surface area contributed by atoms with E-state index in [0.29, 0.717) is 34.3 Å². The predicted molar refractivity (Wildman–Crippen MR) is 89.1 cm³/mol. The van der Waals surface area contributed by atoms with E-state index >= 15 is 0 Å². The molecule has 21 heavy (non-hydrogen) atoms. The average Bonchev–Trinajstić information content (AvgIpc) is 2.44. The van der Waals surface area contributed by atoms with Crippen LogP contribution in [0, 0.1) is 0 Å². The summed E-state index contributed by atoms with van der Waals surface area (Å²) in [5, 5.41) is 3.20. The second kappa shape index (κ2) is 6.83. The van der Waals surface area contributed by atoms with Crippen molar-refractivity contribution in [1.29, 1.82) is 0 Å². The van der Waals surface area contributed by atoms with E-state index in [9.17, 15) is 4.79 Å². The van der Waals surface area contributed by atoms with Crippen LogP contribution in [0.25, 0.3) is 0 Å². The molecule has 0 spiro atoms. The van der Waals surface area contributed by atoms with Crippen LogP contribution in [0.3, 0.4) is 0 Å². The maximum Gasteiger partial charge on any atom is 0.257 e. The fourth-order valence-corrected chi connectivity index (χ4v) is 2.37. The van der Waals surface area contributed by atoms with Gasteiger partial charge in [0.25, 0.3) is 5.91 Å². The average molecular weight is 370 g/mol. The third-order valence-corrected chi connectivity index (χ3v) is 3.54. The van der Waals surface area contributed by atoms with Crippen molar-refractivity contribution in [2.24, 2.45) is 0 Å². The van der Waals surface area contributed by atoms with Gasteiger partial charge in [-0.1, -0.05) is 27.5 Å². The first-order valence-electron chi connectivity index (χ1n) is 6.30. The first-order chi connectivity index (χ1) is 10.0. The van der Waals surface area contributed by atoms with Crippen molar-refractivity contribution < 1.29 is 9.53 Å². The molecule has 0 bridgehead atoms. The Bertz CT molecular complexity index is 677. The van der Waals surface area contributed by atoms with E-state index < -0.39 is 0 Å². The fraction of sp³-hybridized carbons (Fsp3) is 0.133.